The number of guanidine groups is 1. The molecule has 0 fully saturated rings. The first kappa shape index (κ1) is 19.0. The normalized spacial score (nSPS) is 11.6. The Balaban J connectivity index is 1.66. The maximum absolute atomic E-state index is 5.32. The van der Waals surface area contributed by atoms with Crippen molar-refractivity contribution in [3.63, 3.8) is 0 Å². The first-order valence-corrected chi connectivity index (χ1v) is 9.99. The first-order valence-electron chi connectivity index (χ1n) is 8.77. The van der Waals surface area contributed by atoms with Gasteiger partial charge in [-0.1, -0.05) is 12.1 Å². The molecule has 0 atom stereocenters. The fourth-order valence-electron chi connectivity index (χ4n) is 2.58. The number of aromatic nitrogens is 3. The largest absolute Gasteiger partial charge is 0.461 e. The maximum atomic E-state index is 5.32. The lowest BCUT2D eigenvalue weighted by molar-refractivity contribution is 0.476. The van der Waals surface area contributed by atoms with E-state index in [2.05, 4.69) is 67.8 Å². The predicted molar refractivity (Wildman–Crippen MR) is 109 cm³/mol. The standard InChI is InChI=1S/C19H24N6OS/c1-4-20-19(25(2)13-14-7-9-15(27-3)10-8-14)21-12-17-22-18(24-23-17)16-6-5-11-26-16/h5-11H,4,12-13H2,1-3H3,(H,20,21)(H,22,23,24). The van der Waals surface area contributed by atoms with Crippen LogP contribution >= 0.6 is 11.8 Å². The predicted octanol–water partition coefficient (Wildman–Crippen LogP) is 3.38. The lowest BCUT2D eigenvalue weighted by Crippen LogP contribution is -2.38. The van der Waals surface area contributed by atoms with Crippen LogP contribution in [0.5, 0.6) is 0 Å². The van der Waals surface area contributed by atoms with Gasteiger partial charge >= 0.3 is 0 Å². The van der Waals surface area contributed by atoms with Gasteiger partial charge in [0.25, 0.3) is 0 Å². The van der Waals surface area contributed by atoms with Crippen LogP contribution in [0, 0.1) is 0 Å². The van der Waals surface area contributed by atoms with Gasteiger partial charge in [-0.15, -0.1) is 16.9 Å². The minimum Gasteiger partial charge on any atom is -0.461 e. The van der Waals surface area contributed by atoms with Gasteiger partial charge in [0.2, 0.25) is 5.82 Å². The van der Waals surface area contributed by atoms with Crippen LogP contribution in [0.4, 0.5) is 0 Å². The molecule has 0 saturated heterocycles. The topological polar surface area (TPSA) is 82.3 Å². The van der Waals surface area contributed by atoms with E-state index in [0.29, 0.717) is 24.0 Å². The summed E-state index contributed by atoms with van der Waals surface area (Å²) in [5.41, 5.74) is 1.24. The summed E-state index contributed by atoms with van der Waals surface area (Å²) in [4.78, 5) is 12.5. The zero-order valence-electron chi connectivity index (χ0n) is 15.8. The number of aliphatic imine (C=N–C) groups is 1. The van der Waals surface area contributed by atoms with E-state index in [-0.39, 0.29) is 0 Å². The number of H-pyrrole nitrogens is 1. The van der Waals surface area contributed by atoms with Crippen LogP contribution in [-0.2, 0) is 13.1 Å². The number of hydrogen-bond acceptors (Lipinski definition) is 5. The van der Waals surface area contributed by atoms with E-state index < -0.39 is 0 Å². The van der Waals surface area contributed by atoms with Gasteiger partial charge in [-0.25, -0.2) is 9.98 Å². The Hall–Kier alpha value is -2.74. The van der Waals surface area contributed by atoms with Gasteiger partial charge in [0.15, 0.2) is 11.7 Å². The number of nitrogens with one attached hydrogen (secondary N) is 2. The van der Waals surface area contributed by atoms with Crippen LogP contribution < -0.4 is 5.32 Å². The molecule has 0 aliphatic rings. The van der Waals surface area contributed by atoms with E-state index in [1.165, 1.54) is 10.5 Å². The van der Waals surface area contributed by atoms with E-state index in [9.17, 15) is 0 Å². The highest BCUT2D eigenvalue weighted by Crippen LogP contribution is 2.16. The minimum atomic E-state index is 0.409. The molecule has 0 unspecified atom stereocenters. The number of hydrogen-bond donors (Lipinski definition) is 2. The Kier molecular flexibility index (Phi) is 6.54. The van der Waals surface area contributed by atoms with Crippen molar-refractivity contribution < 1.29 is 4.42 Å². The lowest BCUT2D eigenvalue weighted by Gasteiger charge is -2.22. The summed E-state index contributed by atoms with van der Waals surface area (Å²) < 4.78 is 5.32. The SMILES string of the molecule is CCNC(=NCc1nc(-c2ccco2)n[nH]1)N(C)Cc1ccc(SC)cc1. The number of furan rings is 1. The molecule has 2 heterocycles. The lowest BCUT2D eigenvalue weighted by atomic mass is 10.2. The van der Waals surface area contributed by atoms with Crippen LogP contribution in [0.2, 0.25) is 0 Å². The van der Waals surface area contributed by atoms with Crippen molar-refractivity contribution in [2.45, 2.75) is 24.9 Å². The average Bonchev–Trinajstić information content (AvgIpc) is 3.37. The van der Waals surface area contributed by atoms with Crippen molar-refractivity contribution >= 4 is 17.7 Å². The molecule has 0 amide bonds. The fraction of sp³-hybridized carbons (Fsp3) is 0.316. The maximum Gasteiger partial charge on any atom is 0.216 e. The van der Waals surface area contributed by atoms with Crippen LogP contribution in [0.3, 0.4) is 0 Å². The average molecular weight is 385 g/mol. The van der Waals surface area contributed by atoms with Gasteiger partial charge in [-0.05, 0) is 43.0 Å². The van der Waals surface area contributed by atoms with E-state index in [0.717, 1.165) is 19.0 Å². The summed E-state index contributed by atoms with van der Waals surface area (Å²) >= 11 is 1.74. The number of rotatable bonds is 7. The van der Waals surface area contributed by atoms with Gasteiger partial charge < -0.3 is 14.6 Å². The van der Waals surface area contributed by atoms with Crippen molar-refractivity contribution in [3.05, 3.63) is 54.0 Å². The van der Waals surface area contributed by atoms with Gasteiger partial charge in [0, 0.05) is 25.0 Å². The highest BCUT2D eigenvalue weighted by Gasteiger charge is 2.10. The van der Waals surface area contributed by atoms with Crippen molar-refractivity contribution in [2.75, 3.05) is 19.8 Å². The quantitative estimate of drug-likeness (QED) is 0.369. The van der Waals surface area contributed by atoms with E-state index in [1.807, 2.05) is 19.2 Å². The van der Waals surface area contributed by atoms with E-state index in [4.69, 9.17) is 4.42 Å². The molecule has 0 saturated carbocycles. The molecule has 2 aromatic heterocycles. The van der Waals surface area contributed by atoms with Crippen molar-refractivity contribution in [3.8, 4) is 11.6 Å². The Morgan fingerprint density at radius 2 is 2.11 bits per heavy atom. The summed E-state index contributed by atoms with van der Waals surface area (Å²) in [5, 5.41) is 10.4. The Bertz CT molecular complexity index is 857. The molecule has 0 spiro atoms. The highest BCUT2D eigenvalue weighted by atomic mass is 32.2. The molecule has 0 aliphatic heterocycles. The molecule has 0 radical (unpaired) electrons. The summed E-state index contributed by atoms with van der Waals surface area (Å²) in [6.07, 6.45) is 3.69. The van der Waals surface area contributed by atoms with Crippen molar-refractivity contribution in [1.82, 2.24) is 25.4 Å². The molecular formula is C19H24N6OS. The number of nitrogens with zero attached hydrogens (tertiary/aromatic N) is 4. The second-order valence-corrected chi connectivity index (χ2v) is 6.84. The van der Waals surface area contributed by atoms with E-state index >= 15 is 0 Å². The monoisotopic (exact) mass is 384 g/mol. The molecule has 1 aromatic carbocycles. The van der Waals surface area contributed by atoms with Gasteiger partial charge in [0.1, 0.15) is 12.4 Å². The highest BCUT2D eigenvalue weighted by molar-refractivity contribution is 7.98. The van der Waals surface area contributed by atoms with Crippen LogP contribution in [-0.4, -0.2) is 45.9 Å². The second kappa shape index (κ2) is 9.27. The van der Waals surface area contributed by atoms with Crippen LogP contribution in [0.1, 0.15) is 18.3 Å². The Morgan fingerprint density at radius 1 is 1.30 bits per heavy atom. The molecule has 142 valence electrons. The molecule has 7 nitrogen and oxygen atoms in total. The van der Waals surface area contributed by atoms with Gasteiger partial charge in [0.05, 0.1) is 6.26 Å². The Morgan fingerprint density at radius 3 is 2.78 bits per heavy atom. The zero-order chi connectivity index (χ0) is 19.1. The van der Waals surface area contributed by atoms with Crippen LogP contribution in [0.15, 0.2) is 57.0 Å². The zero-order valence-corrected chi connectivity index (χ0v) is 16.6. The van der Waals surface area contributed by atoms with Crippen molar-refractivity contribution in [2.24, 2.45) is 4.99 Å². The van der Waals surface area contributed by atoms with Crippen molar-refractivity contribution in [1.29, 1.82) is 0 Å². The third-order valence-electron chi connectivity index (χ3n) is 3.93. The number of thioether (sulfide) groups is 1. The number of aromatic amines is 1. The molecule has 0 aliphatic carbocycles. The number of benzene rings is 1. The molecule has 3 rings (SSSR count). The molecule has 0 bridgehead atoms. The summed E-state index contributed by atoms with van der Waals surface area (Å²) in [7, 11) is 2.03. The molecule has 3 aromatic rings. The van der Waals surface area contributed by atoms with Gasteiger partial charge in [-0.3, -0.25) is 5.10 Å². The minimum absolute atomic E-state index is 0.409. The molecular weight excluding hydrogens is 360 g/mol. The summed E-state index contributed by atoms with van der Waals surface area (Å²) in [6.45, 7) is 4.03. The molecule has 2 N–H and O–H groups in total. The summed E-state index contributed by atoms with van der Waals surface area (Å²) in [6, 6.07) is 12.2. The third-order valence-corrected chi connectivity index (χ3v) is 4.67. The molecule has 27 heavy (non-hydrogen) atoms. The van der Waals surface area contributed by atoms with Gasteiger partial charge in [-0.2, -0.15) is 0 Å². The first-order chi connectivity index (χ1) is 13.2. The van der Waals surface area contributed by atoms with Crippen LogP contribution in [0.25, 0.3) is 11.6 Å². The summed E-state index contributed by atoms with van der Waals surface area (Å²) in [5.74, 6) is 2.69. The third kappa shape index (κ3) is 5.13. The molecule has 8 heteroatoms. The smallest absolute Gasteiger partial charge is 0.216 e. The van der Waals surface area contributed by atoms with E-state index in [1.54, 1.807) is 18.0 Å². The second-order valence-electron chi connectivity index (χ2n) is 5.96. The Labute approximate surface area is 163 Å². The fourth-order valence-corrected chi connectivity index (χ4v) is 2.99.